The third-order valence-corrected chi connectivity index (χ3v) is 7.22. The molecule has 2 fully saturated rings. The SMILES string of the molecule is CCCN(C(=O)C1CCCN(S(=O)(=O)c2ccccc2)C1)C1CCNC1.Cl. The molecule has 2 saturated heterocycles. The van der Waals surface area contributed by atoms with E-state index in [2.05, 4.69) is 12.2 Å². The van der Waals surface area contributed by atoms with Crippen LogP contribution in [0, 0.1) is 5.92 Å². The van der Waals surface area contributed by atoms with Crippen LogP contribution in [0.5, 0.6) is 0 Å². The summed E-state index contributed by atoms with van der Waals surface area (Å²) < 4.78 is 27.3. The number of sulfonamides is 1. The van der Waals surface area contributed by atoms with Crippen molar-refractivity contribution in [3.63, 3.8) is 0 Å². The molecule has 1 amide bonds. The van der Waals surface area contributed by atoms with E-state index in [0.29, 0.717) is 11.4 Å². The lowest BCUT2D eigenvalue weighted by Crippen LogP contribution is -2.50. The molecule has 1 N–H and O–H groups in total. The van der Waals surface area contributed by atoms with Gasteiger partial charge in [0.05, 0.1) is 10.8 Å². The van der Waals surface area contributed by atoms with Crippen LogP contribution in [0.3, 0.4) is 0 Å². The summed E-state index contributed by atoms with van der Waals surface area (Å²) in [5.74, 6) is -0.122. The van der Waals surface area contributed by atoms with Crippen molar-refractivity contribution in [3.05, 3.63) is 30.3 Å². The third kappa shape index (κ3) is 5.02. The highest BCUT2D eigenvalue weighted by Gasteiger charge is 2.37. The van der Waals surface area contributed by atoms with Gasteiger partial charge in [0.1, 0.15) is 0 Å². The van der Waals surface area contributed by atoms with E-state index in [1.54, 1.807) is 30.3 Å². The van der Waals surface area contributed by atoms with Crippen molar-refractivity contribution in [2.24, 2.45) is 5.92 Å². The highest BCUT2D eigenvalue weighted by molar-refractivity contribution is 7.89. The van der Waals surface area contributed by atoms with Crippen LogP contribution in [0.2, 0.25) is 0 Å². The second-order valence-corrected chi connectivity index (χ2v) is 9.13. The van der Waals surface area contributed by atoms with Gasteiger partial charge >= 0.3 is 0 Å². The molecule has 0 bridgehead atoms. The van der Waals surface area contributed by atoms with Gasteiger partial charge in [-0.25, -0.2) is 8.42 Å². The summed E-state index contributed by atoms with van der Waals surface area (Å²) in [6.45, 7) is 5.38. The number of hydrogen-bond acceptors (Lipinski definition) is 4. The van der Waals surface area contributed by atoms with Crippen molar-refractivity contribution in [2.45, 2.75) is 43.5 Å². The van der Waals surface area contributed by atoms with E-state index in [9.17, 15) is 13.2 Å². The fraction of sp³-hybridized carbons (Fsp3) is 0.632. The fourth-order valence-corrected chi connectivity index (χ4v) is 5.50. The smallest absolute Gasteiger partial charge is 0.243 e. The highest BCUT2D eigenvalue weighted by Crippen LogP contribution is 2.26. The monoisotopic (exact) mass is 415 g/mol. The molecule has 0 radical (unpaired) electrons. The van der Waals surface area contributed by atoms with E-state index in [1.807, 2.05) is 4.90 Å². The predicted octanol–water partition coefficient (Wildman–Crippen LogP) is 2.11. The molecule has 2 aliphatic heterocycles. The van der Waals surface area contributed by atoms with Crippen LogP contribution in [0.25, 0.3) is 0 Å². The van der Waals surface area contributed by atoms with E-state index in [1.165, 1.54) is 4.31 Å². The van der Waals surface area contributed by atoms with Gasteiger partial charge in [-0.1, -0.05) is 25.1 Å². The first-order valence-electron chi connectivity index (χ1n) is 9.60. The molecule has 6 nitrogen and oxygen atoms in total. The van der Waals surface area contributed by atoms with Gasteiger partial charge in [0, 0.05) is 32.2 Å². The normalized spacial score (nSPS) is 23.6. The van der Waals surface area contributed by atoms with Gasteiger partial charge in [-0.3, -0.25) is 4.79 Å². The number of benzene rings is 1. The molecular formula is C19H30ClN3O3S. The van der Waals surface area contributed by atoms with Crippen LogP contribution in [0.15, 0.2) is 35.2 Å². The minimum absolute atomic E-state index is 0. The van der Waals surface area contributed by atoms with Gasteiger partial charge in [-0.15, -0.1) is 12.4 Å². The number of nitrogens with zero attached hydrogens (tertiary/aromatic N) is 2. The average Bonchev–Trinajstić information content (AvgIpc) is 3.21. The summed E-state index contributed by atoms with van der Waals surface area (Å²) in [4.78, 5) is 15.5. The second-order valence-electron chi connectivity index (χ2n) is 7.19. The molecule has 8 heteroatoms. The highest BCUT2D eigenvalue weighted by atomic mass is 35.5. The molecule has 1 aromatic rings. The largest absolute Gasteiger partial charge is 0.338 e. The van der Waals surface area contributed by atoms with Crippen molar-refractivity contribution >= 4 is 28.3 Å². The summed E-state index contributed by atoms with van der Waals surface area (Å²) in [5.41, 5.74) is 0. The molecular weight excluding hydrogens is 386 g/mol. The van der Waals surface area contributed by atoms with Crippen molar-refractivity contribution in [3.8, 4) is 0 Å². The number of hydrogen-bond donors (Lipinski definition) is 1. The first kappa shape index (κ1) is 22.1. The molecule has 0 aromatic heterocycles. The molecule has 1 aromatic carbocycles. The van der Waals surface area contributed by atoms with E-state index >= 15 is 0 Å². The summed E-state index contributed by atoms with van der Waals surface area (Å²) in [6.07, 6.45) is 3.39. The predicted molar refractivity (Wildman–Crippen MR) is 108 cm³/mol. The van der Waals surface area contributed by atoms with Crippen LogP contribution in [-0.2, 0) is 14.8 Å². The maximum absolute atomic E-state index is 13.2. The zero-order valence-electron chi connectivity index (χ0n) is 15.8. The minimum atomic E-state index is -3.54. The van der Waals surface area contributed by atoms with E-state index in [-0.39, 0.29) is 36.8 Å². The van der Waals surface area contributed by atoms with E-state index < -0.39 is 10.0 Å². The van der Waals surface area contributed by atoms with Crippen LogP contribution in [0.4, 0.5) is 0 Å². The summed E-state index contributed by atoms with van der Waals surface area (Å²) in [6, 6.07) is 8.75. The lowest BCUT2D eigenvalue weighted by Gasteiger charge is -2.36. The number of halogens is 1. The number of piperidine rings is 1. The summed E-state index contributed by atoms with van der Waals surface area (Å²) in [5, 5.41) is 3.32. The zero-order valence-corrected chi connectivity index (χ0v) is 17.5. The Bertz CT molecular complexity index is 708. The maximum Gasteiger partial charge on any atom is 0.243 e. The third-order valence-electron chi connectivity index (χ3n) is 5.34. The lowest BCUT2D eigenvalue weighted by atomic mass is 9.97. The first-order valence-corrected chi connectivity index (χ1v) is 11.0. The van der Waals surface area contributed by atoms with Gasteiger partial charge in [0.25, 0.3) is 0 Å². The summed E-state index contributed by atoms with van der Waals surface area (Å²) in [7, 11) is -3.54. The molecule has 2 heterocycles. The maximum atomic E-state index is 13.2. The number of amides is 1. The molecule has 152 valence electrons. The number of carbonyl (C=O) groups excluding carboxylic acids is 1. The number of rotatable bonds is 6. The van der Waals surface area contributed by atoms with E-state index in [0.717, 1.165) is 45.3 Å². The van der Waals surface area contributed by atoms with Crippen LogP contribution < -0.4 is 5.32 Å². The average molecular weight is 416 g/mol. The lowest BCUT2D eigenvalue weighted by molar-refractivity contribution is -0.138. The van der Waals surface area contributed by atoms with Gasteiger partial charge in [-0.05, 0) is 44.4 Å². The topological polar surface area (TPSA) is 69.7 Å². The molecule has 2 aliphatic rings. The molecule has 2 atom stereocenters. The Morgan fingerprint density at radius 3 is 2.63 bits per heavy atom. The Balaban J connectivity index is 0.00000261. The van der Waals surface area contributed by atoms with Crippen molar-refractivity contribution in [1.29, 1.82) is 0 Å². The number of nitrogens with one attached hydrogen (secondary N) is 1. The minimum Gasteiger partial charge on any atom is -0.338 e. The molecule has 2 unspecified atom stereocenters. The van der Waals surface area contributed by atoms with Crippen LogP contribution in [-0.4, -0.2) is 62.3 Å². The Kier molecular flexibility index (Phi) is 8.09. The number of carbonyl (C=O) groups is 1. The molecule has 0 spiro atoms. The van der Waals surface area contributed by atoms with Crippen LogP contribution >= 0.6 is 12.4 Å². The van der Waals surface area contributed by atoms with Crippen molar-refractivity contribution in [1.82, 2.24) is 14.5 Å². The Labute approximate surface area is 168 Å². The second kappa shape index (κ2) is 9.87. The Morgan fingerprint density at radius 1 is 1.26 bits per heavy atom. The summed E-state index contributed by atoms with van der Waals surface area (Å²) >= 11 is 0. The van der Waals surface area contributed by atoms with Crippen molar-refractivity contribution in [2.75, 3.05) is 32.7 Å². The van der Waals surface area contributed by atoms with Gasteiger partial charge in [0.15, 0.2) is 0 Å². The first-order chi connectivity index (χ1) is 12.5. The molecule has 3 rings (SSSR count). The zero-order chi connectivity index (χ0) is 18.6. The van der Waals surface area contributed by atoms with Gasteiger partial charge < -0.3 is 10.2 Å². The van der Waals surface area contributed by atoms with Crippen molar-refractivity contribution < 1.29 is 13.2 Å². The van der Waals surface area contributed by atoms with E-state index in [4.69, 9.17) is 0 Å². The van der Waals surface area contributed by atoms with Crippen LogP contribution in [0.1, 0.15) is 32.6 Å². The molecule has 0 aliphatic carbocycles. The van der Waals surface area contributed by atoms with Gasteiger partial charge in [0.2, 0.25) is 15.9 Å². The van der Waals surface area contributed by atoms with Gasteiger partial charge in [-0.2, -0.15) is 4.31 Å². The standard InChI is InChI=1S/C19H29N3O3S.ClH/c1-2-12-22(17-10-11-20-14-17)19(23)16-7-6-13-21(15-16)26(24,25)18-8-4-3-5-9-18;/h3-5,8-9,16-17,20H,2,6-7,10-15H2,1H3;1H. The Hall–Kier alpha value is -1.15. The fourth-order valence-electron chi connectivity index (χ4n) is 3.96. The molecule has 27 heavy (non-hydrogen) atoms. The Morgan fingerprint density at radius 2 is 2.00 bits per heavy atom. The quantitative estimate of drug-likeness (QED) is 0.772. The molecule has 0 saturated carbocycles.